The maximum absolute atomic E-state index is 8.17. The lowest BCUT2D eigenvalue weighted by molar-refractivity contribution is 0.405. The zero-order chi connectivity index (χ0) is 5.98. The van der Waals surface area contributed by atoms with Crippen molar-refractivity contribution in [2.45, 2.75) is 6.92 Å². The largest absolute Gasteiger partial charge is 0.345 e. The first-order chi connectivity index (χ1) is 3.83. The van der Waals surface area contributed by atoms with Crippen molar-refractivity contribution in [1.29, 1.82) is 5.26 Å². The van der Waals surface area contributed by atoms with Gasteiger partial charge in [-0.2, -0.15) is 5.26 Å². The summed E-state index contributed by atoms with van der Waals surface area (Å²) in [4.78, 5) is 0. The number of nitriles is 1. The van der Waals surface area contributed by atoms with Crippen LogP contribution >= 0.6 is 0 Å². The third-order valence-electron chi connectivity index (χ3n) is 0.738. The topological polar surface area (TPSA) is 49.8 Å². The van der Waals surface area contributed by atoms with Crippen LogP contribution in [0.3, 0.4) is 0 Å². The molecule has 1 aromatic heterocycles. The molecule has 1 heterocycles. The number of hydrogen-bond acceptors (Lipinski definition) is 3. The van der Waals surface area contributed by atoms with Crippen LogP contribution in [0.15, 0.2) is 10.6 Å². The maximum atomic E-state index is 8.17. The normalized spacial score (nSPS) is 8.50. The Labute approximate surface area is 46.5 Å². The van der Waals surface area contributed by atoms with Gasteiger partial charge in [-0.25, -0.2) is 0 Å². The van der Waals surface area contributed by atoms with Crippen LogP contribution in [-0.2, 0) is 0 Å². The van der Waals surface area contributed by atoms with E-state index in [1.807, 2.05) is 6.07 Å². The Morgan fingerprint density at radius 2 is 2.62 bits per heavy atom. The van der Waals surface area contributed by atoms with E-state index < -0.39 is 0 Å². The second kappa shape index (κ2) is 1.66. The summed E-state index contributed by atoms with van der Waals surface area (Å²) in [6.07, 6.45) is 0. The monoisotopic (exact) mass is 108 g/mol. The van der Waals surface area contributed by atoms with E-state index in [9.17, 15) is 0 Å². The molecule has 0 radical (unpaired) electrons. The van der Waals surface area contributed by atoms with Crippen LogP contribution in [0, 0.1) is 18.3 Å². The van der Waals surface area contributed by atoms with Crippen LogP contribution < -0.4 is 0 Å². The van der Waals surface area contributed by atoms with E-state index in [0.29, 0.717) is 0 Å². The van der Waals surface area contributed by atoms with Gasteiger partial charge >= 0.3 is 0 Å². The fourth-order valence-corrected chi connectivity index (χ4v) is 0.416. The number of rotatable bonds is 0. The van der Waals surface area contributed by atoms with Crippen LogP contribution in [-0.4, -0.2) is 5.16 Å². The van der Waals surface area contributed by atoms with Crippen LogP contribution in [0.1, 0.15) is 11.5 Å². The first-order valence-corrected chi connectivity index (χ1v) is 2.16. The standard InChI is InChI=1S/C5H4N2O/c1-4-2-5(3-6)8-7-4/h2H,1H3. The maximum Gasteiger partial charge on any atom is 0.236 e. The van der Waals surface area contributed by atoms with E-state index >= 15 is 0 Å². The van der Waals surface area contributed by atoms with Gasteiger partial charge in [-0.1, -0.05) is 5.16 Å². The van der Waals surface area contributed by atoms with Gasteiger partial charge in [-0.3, -0.25) is 0 Å². The van der Waals surface area contributed by atoms with Crippen molar-refractivity contribution in [3.63, 3.8) is 0 Å². The van der Waals surface area contributed by atoms with E-state index in [0.717, 1.165) is 5.69 Å². The summed E-state index contributed by atoms with van der Waals surface area (Å²) in [6, 6.07) is 3.40. The van der Waals surface area contributed by atoms with Gasteiger partial charge in [0, 0.05) is 6.07 Å². The highest BCUT2D eigenvalue weighted by atomic mass is 16.5. The second-order valence-electron chi connectivity index (χ2n) is 1.44. The Morgan fingerprint density at radius 1 is 1.88 bits per heavy atom. The lowest BCUT2D eigenvalue weighted by atomic mass is 10.4. The molecule has 0 saturated heterocycles. The SMILES string of the molecule is Cc1cc(C#N)on1. The summed E-state index contributed by atoms with van der Waals surface area (Å²) in [5, 5.41) is 11.7. The summed E-state index contributed by atoms with van der Waals surface area (Å²) < 4.78 is 4.50. The highest BCUT2D eigenvalue weighted by Crippen LogP contribution is 1.97. The molecule has 1 aromatic rings. The number of hydrogen-bond donors (Lipinski definition) is 0. The van der Waals surface area contributed by atoms with Crippen LogP contribution in [0.5, 0.6) is 0 Å². The molecule has 0 saturated carbocycles. The minimum Gasteiger partial charge on any atom is -0.345 e. The summed E-state index contributed by atoms with van der Waals surface area (Å²) >= 11 is 0. The molecule has 40 valence electrons. The molecule has 0 N–H and O–H groups in total. The molecule has 1 rings (SSSR count). The average molecular weight is 108 g/mol. The lowest BCUT2D eigenvalue weighted by Gasteiger charge is -1.62. The van der Waals surface area contributed by atoms with Gasteiger partial charge in [0.25, 0.3) is 0 Å². The molecule has 0 aliphatic rings. The quantitative estimate of drug-likeness (QED) is 0.495. The van der Waals surface area contributed by atoms with Crippen LogP contribution in [0.2, 0.25) is 0 Å². The van der Waals surface area contributed by atoms with E-state index in [4.69, 9.17) is 5.26 Å². The Hall–Kier alpha value is -1.30. The number of nitrogens with zero attached hydrogens (tertiary/aromatic N) is 2. The van der Waals surface area contributed by atoms with Gasteiger partial charge in [0.15, 0.2) is 0 Å². The summed E-state index contributed by atoms with van der Waals surface area (Å²) in [5.41, 5.74) is 0.738. The van der Waals surface area contributed by atoms with Gasteiger partial charge in [0.05, 0.1) is 5.69 Å². The predicted octanol–water partition coefficient (Wildman–Crippen LogP) is 0.855. The van der Waals surface area contributed by atoms with Crippen LogP contribution in [0.4, 0.5) is 0 Å². The molecule has 0 spiro atoms. The van der Waals surface area contributed by atoms with Gasteiger partial charge in [0.1, 0.15) is 6.07 Å². The third kappa shape index (κ3) is 0.684. The summed E-state index contributed by atoms with van der Waals surface area (Å²) in [6.45, 7) is 1.77. The molecular weight excluding hydrogens is 104 g/mol. The zero-order valence-corrected chi connectivity index (χ0v) is 4.38. The van der Waals surface area contributed by atoms with Crippen molar-refractivity contribution >= 4 is 0 Å². The van der Waals surface area contributed by atoms with E-state index in [1.165, 1.54) is 0 Å². The van der Waals surface area contributed by atoms with Gasteiger partial charge in [-0.05, 0) is 6.92 Å². The number of aryl methyl sites for hydroxylation is 1. The first-order valence-electron chi connectivity index (χ1n) is 2.16. The second-order valence-corrected chi connectivity index (χ2v) is 1.44. The Morgan fingerprint density at radius 3 is 2.88 bits per heavy atom. The van der Waals surface area contributed by atoms with Crippen molar-refractivity contribution in [2.75, 3.05) is 0 Å². The first kappa shape index (κ1) is 4.85. The van der Waals surface area contributed by atoms with Gasteiger partial charge in [0.2, 0.25) is 5.76 Å². The lowest BCUT2D eigenvalue weighted by Crippen LogP contribution is -1.60. The zero-order valence-electron chi connectivity index (χ0n) is 4.38. The average Bonchev–Trinajstić information content (AvgIpc) is 2.14. The van der Waals surface area contributed by atoms with Gasteiger partial charge < -0.3 is 4.52 Å². The highest BCUT2D eigenvalue weighted by molar-refractivity contribution is 5.16. The molecule has 0 bridgehead atoms. The van der Waals surface area contributed by atoms with Crippen LogP contribution in [0.25, 0.3) is 0 Å². The van der Waals surface area contributed by atoms with Gasteiger partial charge in [-0.15, -0.1) is 0 Å². The molecule has 0 fully saturated rings. The van der Waals surface area contributed by atoms with Crippen molar-refractivity contribution in [3.05, 3.63) is 17.5 Å². The molecule has 0 amide bonds. The Bertz CT molecular complexity index is 221. The molecule has 0 atom stereocenters. The molecule has 8 heavy (non-hydrogen) atoms. The highest BCUT2D eigenvalue weighted by Gasteiger charge is 1.94. The molecule has 0 aliphatic carbocycles. The molecule has 3 heteroatoms. The summed E-state index contributed by atoms with van der Waals surface area (Å²) in [5.74, 6) is 0.266. The fourth-order valence-electron chi connectivity index (χ4n) is 0.416. The van der Waals surface area contributed by atoms with Crippen molar-refractivity contribution in [2.24, 2.45) is 0 Å². The predicted molar refractivity (Wildman–Crippen MR) is 26.0 cm³/mol. The number of aromatic nitrogens is 1. The van der Waals surface area contributed by atoms with E-state index in [1.54, 1.807) is 13.0 Å². The minimum atomic E-state index is 0.266. The Kier molecular flexibility index (Phi) is 1.01. The third-order valence-corrected chi connectivity index (χ3v) is 0.738. The molecule has 0 unspecified atom stereocenters. The minimum absolute atomic E-state index is 0.266. The molecule has 3 nitrogen and oxygen atoms in total. The smallest absolute Gasteiger partial charge is 0.236 e. The van der Waals surface area contributed by atoms with Crippen molar-refractivity contribution in [1.82, 2.24) is 5.16 Å². The van der Waals surface area contributed by atoms with Crippen molar-refractivity contribution in [3.8, 4) is 6.07 Å². The van der Waals surface area contributed by atoms with Crippen molar-refractivity contribution < 1.29 is 4.52 Å². The molecule has 0 aliphatic heterocycles. The molecular formula is C5H4N2O. The fraction of sp³-hybridized carbons (Fsp3) is 0.200. The Balaban J connectivity index is 3.05. The van der Waals surface area contributed by atoms with E-state index in [2.05, 4.69) is 9.68 Å². The molecule has 0 aromatic carbocycles. The van der Waals surface area contributed by atoms with E-state index in [-0.39, 0.29) is 5.76 Å². The summed E-state index contributed by atoms with van der Waals surface area (Å²) in [7, 11) is 0.